The Bertz CT molecular complexity index is 282. The number of halogens is 2. The molecule has 0 fully saturated rings. The molecular formula is C9H13Br2NS. The molecule has 0 unspecified atom stereocenters. The van der Waals surface area contributed by atoms with E-state index < -0.39 is 0 Å². The fourth-order valence-electron chi connectivity index (χ4n) is 0.943. The maximum atomic E-state index is 6.12. The third-order valence-electron chi connectivity index (χ3n) is 1.90. The van der Waals surface area contributed by atoms with Crippen molar-refractivity contribution in [3.05, 3.63) is 19.2 Å². The summed E-state index contributed by atoms with van der Waals surface area (Å²) in [7, 11) is 0. The van der Waals surface area contributed by atoms with Crippen molar-refractivity contribution in [2.45, 2.75) is 26.8 Å². The fourth-order valence-corrected chi connectivity index (χ4v) is 3.28. The smallest absolute Gasteiger partial charge is 0.0843 e. The average Bonchev–Trinajstić information content (AvgIpc) is 2.29. The van der Waals surface area contributed by atoms with Crippen molar-refractivity contribution in [3.63, 3.8) is 0 Å². The van der Waals surface area contributed by atoms with Crippen molar-refractivity contribution in [1.82, 2.24) is 0 Å². The molecule has 4 heteroatoms. The van der Waals surface area contributed by atoms with Crippen molar-refractivity contribution in [2.75, 3.05) is 0 Å². The lowest BCUT2D eigenvalue weighted by molar-refractivity contribution is 0.331. The van der Waals surface area contributed by atoms with Crippen molar-refractivity contribution in [1.29, 1.82) is 0 Å². The van der Waals surface area contributed by atoms with Gasteiger partial charge in [0.15, 0.2) is 0 Å². The summed E-state index contributed by atoms with van der Waals surface area (Å²) in [6.45, 7) is 6.46. The Morgan fingerprint density at radius 1 is 1.38 bits per heavy atom. The second-order valence-electron chi connectivity index (χ2n) is 4.11. The Hall–Kier alpha value is 0.620. The van der Waals surface area contributed by atoms with Gasteiger partial charge in [0, 0.05) is 15.4 Å². The molecule has 0 saturated carbocycles. The molecule has 0 saturated heterocycles. The number of rotatable bonds is 1. The van der Waals surface area contributed by atoms with Crippen LogP contribution in [0.4, 0.5) is 0 Å². The lowest BCUT2D eigenvalue weighted by atomic mass is 9.87. The van der Waals surface area contributed by atoms with Crippen molar-refractivity contribution >= 4 is 43.2 Å². The Labute approximate surface area is 100.0 Å². The van der Waals surface area contributed by atoms with Gasteiger partial charge < -0.3 is 5.73 Å². The van der Waals surface area contributed by atoms with Gasteiger partial charge in [-0.3, -0.25) is 0 Å². The zero-order valence-corrected chi connectivity index (χ0v) is 11.9. The molecule has 0 spiro atoms. The standard InChI is InChI=1S/C9H13Br2NS/c1-9(2,3)7(12)6-4-5(10)8(11)13-6/h4,7H,12H2,1-3H3/t7-/m1/s1. The highest BCUT2D eigenvalue weighted by atomic mass is 79.9. The summed E-state index contributed by atoms with van der Waals surface area (Å²) in [6.07, 6.45) is 0. The Morgan fingerprint density at radius 2 is 1.92 bits per heavy atom. The largest absolute Gasteiger partial charge is 0.323 e. The molecule has 0 aliphatic rings. The van der Waals surface area contributed by atoms with Gasteiger partial charge in [-0.1, -0.05) is 20.8 Å². The molecule has 1 aromatic heterocycles. The van der Waals surface area contributed by atoms with Gasteiger partial charge in [-0.2, -0.15) is 0 Å². The second-order valence-corrected chi connectivity index (χ2v) is 7.37. The summed E-state index contributed by atoms with van der Waals surface area (Å²) in [5.41, 5.74) is 6.24. The number of thiophene rings is 1. The number of nitrogens with two attached hydrogens (primary N) is 1. The zero-order valence-electron chi connectivity index (χ0n) is 7.90. The first kappa shape index (κ1) is 11.7. The van der Waals surface area contributed by atoms with E-state index >= 15 is 0 Å². The molecule has 13 heavy (non-hydrogen) atoms. The lowest BCUT2D eigenvalue weighted by Crippen LogP contribution is -2.25. The molecule has 0 aliphatic carbocycles. The molecule has 1 atom stereocenters. The van der Waals surface area contributed by atoms with E-state index in [1.807, 2.05) is 0 Å². The number of hydrogen-bond donors (Lipinski definition) is 1. The van der Waals surface area contributed by atoms with Gasteiger partial charge in [0.05, 0.1) is 3.79 Å². The Morgan fingerprint density at radius 3 is 2.23 bits per heavy atom. The van der Waals surface area contributed by atoms with E-state index in [0.29, 0.717) is 0 Å². The van der Waals surface area contributed by atoms with Crippen LogP contribution in [0.2, 0.25) is 0 Å². The van der Waals surface area contributed by atoms with Gasteiger partial charge >= 0.3 is 0 Å². The number of hydrogen-bond acceptors (Lipinski definition) is 2. The van der Waals surface area contributed by atoms with Gasteiger partial charge in [0.2, 0.25) is 0 Å². The van der Waals surface area contributed by atoms with E-state index in [1.165, 1.54) is 4.88 Å². The van der Waals surface area contributed by atoms with Crippen LogP contribution in [-0.2, 0) is 0 Å². The summed E-state index contributed by atoms with van der Waals surface area (Å²) in [6, 6.07) is 2.19. The van der Waals surface area contributed by atoms with Gasteiger partial charge in [0.1, 0.15) is 0 Å². The monoisotopic (exact) mass is 325 g/mol. The third-order valence-corrected chi connectivity index (χ3v) is 5.24. The van der Waals surface area contributed by atoms with Gasteiger partial charge in [-0.25, -0.2) is 0 Å². The van der Waals surface area contributed by atoms with Crippen LogP contribution in [0.1, 0.15) is 31.7 Å². The third kappa shape index (κ3) is 2.78. The van der Waals surface area contributed by atoms with E-state index in [1.54, 1.807) is 11.3 Å². The molecule has 1 nitrogen and oxygen atoms in total. The topological polar surface area (TPSA) is 26.0 Å². The molecule has 0 radical (unpaired) electrons. The van der Waals surface area contributed by atoms with E-state index in [4.69, 9.17) is 5.73 Å². The lowest BCUT2D eigenvalue weighted by Gasteiger charge is -2.25. The normalized spacial score (nSPS) is 14.6. The molecule has 1 heterocycles. The molecule has 1 rings (SSSR count). The van der Waals surface area contributed by atoms with Crippen LogP contribution in [-0.4, -0.2) is 0 Å². The SMILES string of the molecule is CC(C)(C)[C@H](N)c1cc(Br)c(Br)s1. The highest BCUT2D eigenvalue weighted by molar-refractivity contribution is 9.13. The van der Waals surface area contributed by atoms with E-state index in [2.05, 4.69) is 58.7 Å². The second kappa shape index (κ2) is 4.01. The van der Waals surface area contributed by atoms with Gasteiger partial charge in [0.25, 0.3) is 0 Å². The first-order valence-corrected chi connectivity index (χ1v) is 6.43. The Kier molecular flexibility index (Phi) is 3.60. The molecule has 0 bridgehead atoms. The summed E-state index contributed by atoms with van der Waals surface area (Å²) in [5.74, 6) is 0. The van der Waals surface area contributed by atoms with E-state index in [9.17, 15) is 0 Å². The Balaban J connectivity index is 2.96. The van der Waals surface area contributed by atoms with Gasteiger partial charge in [-0.05, 0) is 43.3 Å². The highest BCUT2D eigenvalue weighted by Gasteiger charge is 2.24. The molecular weight excluding hydrogens is 314 g/mol. The maximum Gasteiger partial charge on any atom is 0.0843 e. The van der Waals surface area contributed by atoms with Crippen molar-refractivity contribution in [3.8, 4) is 0 Å². The van der Waals surface area contributed by atoms with Gasteiger partial charge in [-0.15, -0.1) is 11.3 Å². The molecule has 1 aromatic rings. The van der Waals surface area contributed by atoms with Crippen molar-refractivity contribution < 1.29 is 0 Å². The summed E-state index contributed by atoms with van der Waals surface area (Å²) < 4.78 is 2.20. The predicted octanol–water partition coefficient (Wildman–Crippen LogP) is 4.32. The first-order chi connectivity index (χ1) is 5.82. The van der Waals surface area contributed by atoms with Crippen LogP contribution in [0.3, 0.4) is 0 Å². The summed E-state index contributed by atoms with van der Waals surface area (Å²) in [5, 5.41) is 0. The van der Waals surface area contributed by atoms with Crippen LogP contribution in [0.25, 0.3) is 0 Å². The van der Waals surface area contributed by atoms with Crippen LogP contribution in [0.15, 0.2) is 14.3 Å². The summed E-state index contributed by atoms with van der Waals surface area (Å²) in [4.78, 5) is 1.21. The summed E-state index contributed by atoms with van der Waals surface area (Å²) >= 11 is 8.62. The van der Waals surface area contributed by atoms with Crippen LogP contribution in [0, 0.1) is 5.41 Å². The zero-order chi connectivity index (χ0) is 10.2. The average molecular weight is 327 g/mol. The van der Waals surface area contributed by atoms with E-state index in [0.717, 1.165) is 8.26 Å². The molecule has 0 amide bonds. The molecule has 74 valence electrons. The molecule has 2 N–H and O–H groups in total. The van der Waals surface area contributed by atoms with Crippen molar-refractivity contribution in [2.24, 2.45) is 11.1 Å². The predicted molar refractivity (Wildman–Crippen MR) is 66.1 cm³/mol. The minimum Gasteiger partial charge on any atom is -0.323 e. The molecule has 0 aliphatic heterocycles. The van der Waals surface area contributed by atoms with E-state index in [-0.39, 0.29) is 11.5 Å². The van der Waals surface area contributed by atoms with Crippen LogP contribution in [0.5, 0.6) is 0 Å². The minimum absolute atomic E-state index is 0.0973. The fraction of sp³-hybridized carbons (Fsp3) is 0.556. The highest BCUT2D eigenvalue weighted by Crippen LogP contribution is 2.40. The molecule has 0 aromatic carbocycles. The quantitative estimate of drug-likeness (QED) is 0.817. The van der Waals surface area contributed by atoms with Crippen LogP contribution >= 0.6 is 43.2 Å². The maximum absolute atomic E-state index is 6.12. The van der Waals surface area contributed by atoms with Crippen LogP contribution < -0.4 is 5.73 Å². The minimum atomic E-state index is 0.0973. The first-order valence-electron chi connectivity index (χ1n) is 4.02.